The lowest BCUT2D eigenvalue weighted by Gasteiger charge is -2.13. The van der Waals surface area contributed by atoms with Crippen LogP contribution in [0.3, 0.4) is 0 Å². The number of aromatic nitrogens is 3. The van der Waals surface area contributed by atoms with Gasteiger partial charge >= 0.3 is 0 Å². The number of carbonyl (C=O) groups excluding carboxylic acids is 1. The Morgan fingerprint density at radius 2 is 2.23 bits per heavy atom. The Labute approximate surface area is 179 Å². The summed E-state index contributed by atoms with van der Waals surface area (Å²) in [4.78, 5) is 21.1. The van der Waals surface area contributed by atoms with Crippen LogP contribution in [-0.4, -0.2) is 34.2 Å². The number of imidazole rings is 1. The van der Waals surface area contributed by atoms with Crippen molar-refractivity contribution in [1.29, 1.82) is 0 Å². The lowest BCUT2D eigenvalue weighted by atomic mass is 9.94. The number of primary amides is 1. The summed E-state index contributed by atoms with van der Waals surface area (Å²) < 4.78 is 13.4. The Hall–Kier alpha value is -2.80. The summed E-state index contributed by atoms with van der Waals surface area (Å²) >= 11 is 6.31. The van der Waals surface area contributed by atoms with Crippen molar-refractivity contribution in [2.75, 3.05) is 13.7 Å². The number of benzene rings is 1. The molecule has 156 valence electrons. The van der Waals surface area contributed by atoms with Crippen LogP contribution in [0.25, 0.3) is 22.4 Å². The minimum absolute atomic E-state index is 0.133. The summed E-state index contributed by atoms with van der Waals surface area (Å²) in [5.74, 6) is 2.02. The second-order valence-electron chi connectivity index (χ2n) is 8.02. The molecule has 0 bridgehead atoms. The molecule has 2 aromatic heterocycles. The van der Waals surface area contributed by atoms with E-state index in [1.165, 1.54) is 7.11 Å². The van der Waals surface area contributed by atoms with E-state index in [9.17, 15) is 4.79 Å². The highest BCUT2D eigenvalue weighted by atomic mass is 35.5. The van der Waals surface area contributed by atoms with Gasteiger partial charge < -0.3 is 19.8 Å². The van der Waals surface area contributed by atoms with Crippen LogP contribution in [0.5, 0.6) is 11.6 Å². The number of nitrogens with two attached hydrogens (primary N) is 1. The predicted molar refractivity (Wildman–Crippen MR) is 114 cm³/mol. The molecule has 5 rings (SSSR count). The maximum absolute atomic E-state index is 11.9. The fraction of sp³-hybridized carbons (Fsp3) is 0.409. The first-order chi connectivity index (χ1) is 14.5. The quantitative estimate of drug-likeness (QED) is 0.650. The van der Waals surface area contributed by atoms with Crippen LogP contribution in [0.15, 0.2) is 24.4 Å². The zero-order valence-electron chi connectivity index (χ0n) is 16.7. The minimum Gasteiger partial charge on any atom is -0.491 e. The lowest BCUT2D eigenvalue weighted by Crippen LogP contribution is -2.26. The minimum atomic E-state index is -0.227. The van der Waals surface area contributed by atoms with E-state index in [1.807, 2.05) is 18.2 Å². The first-order valence-electron chi connectivity index (χ1n) is 10.2. The summed E-state index contributed by atoms with van der Waals surface area (Å²) in [5, 5.41) is 0.439. The van der Waals surface area contributed by atoms with Crippen LogP contribution >= 0.6 is 11.6 Å². The second kappa shape index (κ2) is 7.47. The average Bonchev–Trinajstić information content (AvgIpc) is 3.52. The Balaban J connectivity index is 1.61. The van der Waals surface area contributed by atoms with Crippen LogP contribution in [0, 0.1) is 11.8 Å². The summed E-state index contributed by atoms with van der Waals surface area (Å²) in [6.07, 6.45) is 5.35. The molecule has 2 aliphatic rings. The van der Waals surface area contributed by atoms with E-state index in [4.69, 9.17) is 31.8 Å². The average molecular weight is 427 g/mol. The molecule has 0 saturated heterocycles. The molecule has 3 heterocycles. The normalized spacial score (nSPS) is 16.7. The van der Waals surface area contributed by atoms with Crippen molar-refractivity contribution in [1.82, 2.24) is 14.5 Å². The largest absolute Gasteiger partial charge is 0.491 e. The summed E-state index contributed by atoms with van der Waals surface area (Å²) in [6, 6.07) is 5.90. The van der Waals surface area contributed by atoms with Gasteiger partial charge in [-0.1, -0.05) is 11.6 Å². The van der Waals surface area contributed by atoms with Crippen LogP contribution in [0.2, 0.25) is 5.02 Å². The molecule has 0 radical (unpaired) electrons. The summed E-state index contributed by atoms with van der Waals surface area (Å²) in [5.41, 5.74) is 9.31. The molecule has 1 aliphatic carbocycles. The SMILES string of the molecule is COc1ncc(-c2nc3cc(C[C@H](C(N)=O)C4CC4)cc4c3n2CCCO4)cc1Cl. The molecule has 3 aromatic rings. The maximum atomic E-state index is 11.9. The van der Waals surface area contributed by atoms with Gasteiger partial charge in [0.15, 0.2) is 0 Å². The van der Waals surface area contributed by atoms with Gasteiger partial charge in [0.2, 0.25) is 11.8 Å². The smallest absolute Gasteiger partial charge is 0.232 e. The van der Waals surface area contributed by atoms with Crippen molar-refractivity contribution in [3.63, 3.8) is 0 Å². The number of ether oxygens (including phenoxy) is 2. The van der Waals surface area contributed by atoms with Gasteiger partial charge in [0.1, 0.15) is 22.1 Å². The number of hydrogen-bond donors (Lipinski definition) is 1. The third kappa shape index (κ3) is 3.37. The van der Waals surface area contributed by atoms with Crippen molar-refractivity contribution in [2.24, 2.45) is 17.6 Å². The third-order valence-electron chi connectivity index (χ3n) is 5.92. The number of nitrogens with zero attached hydrogens (tertiary/aromatic N) is 3. The summed E-state index contributed by atoms with van der Waals surface area (Å²) in [6.45, 7) is 1.41. The first kappa shape index (κ1) is 19.2. The molecule has 7 nitrogen and oxygen atoms in total. The van der Waals surface area contributed by atoms with Crippen LogP contribution < -0.4 is 15.2 Å². The van der Waals surface area contributed by atoms with Gasteiger partial charge in [-0.25, -0.2) is 9.97 Å². The molecular weight excluding hydrogens is 404 g/mol. The Morgan fingerprint density at radius 1 is 1.40 bits per heavy atom. The fourth-order valence-corrected chi connectivity index (χ4v) is 4.55. The van der Waals surface area contributed by atoms with Crippen molar-refractivity contribution < 1.29 is 14.3 Å². The van der Waals surface area contributed by atoms with Crippen molar-refractivity contribution in [3.8, 4) is 23.0 Å². The highest BCUT2D eigenvalue weighted by Crippen LogP contribution is 2.40. The number of amides is 1. The molecule has 0 spiro atoms. The molecule has 1 saturated carbocycles. The van der Waals surface area contributed by atoms with E-state index in [2.05, 4.69) is 9.55 Å². The molecule has 1 aromatic carbocycles. The topological polar surface area (TPSA) is 92.3 Å². The Kier molecular flexibility index (Phi) is 4.77. The number of carbonyl (C=O) groups is 1. The Morgan fingerprint density at radius 3 is 2.93 bits per heavy atom. The van der Waals surface area contributed by atoms with E-state index >= 15 is 0 Å². The Bertz CT molecular complexity index is 1140. The van der Waals surface area contributed by atoms with Gasteiger partial charge in [-0.15, -0.1) is 0 Å². The molecule has 2 N–H and O–H groups in total. The zero-order valence-corrected chi connectivity index (χ0v) is 17.5. The number of methoxy groups -OCH3 is 1. The summed E-state index contributed by atoms with van der Waals surface area (Å²) in [7, 11) is 1.54. The molecule has 0 unspecified atom stereocenters. The number of rotatable bonds is 6. The van der Waals surface area contributed by atoms with Crippen molar-refractivity contribution in [3.05, 3.63) is 35.0 Å². The molecular formula is C22H23ClN4O3. The predicted octanol–water partition coefficient (Wildman–Crippen LogP) is 3.60. The van der Waals surface area contributed by atoms with E-state index in [0.717, 1.165) is 59.5 Å². The zero-order chi connectivity index (χ0) is 20.8. The maximum Gasteiger partial charge on any atom is 0.232 e. The van der Waals surface area contributed by atoms with Crippen LogP contribution in [0.4, 0.5) is 0 Å². The molecule has 1 aliphatic heterocycles. The van der Waals surface area contributed by atoms with Crippen molar-refractivity contribution in [2.45, 2.75) is 32.2 Å². The van der Waals surface area contributed by atoms with E-state index in [0.29, 0.717) is 29.8 Å². The van der Waals surface area contributed by atoms with Gasteiger partial charge in [-0.2, -0.15) is 0 Å². The van der Waals surface area contributed by atoms with Gasteiger partial charge in [-0.3, -0.25) is 4.79 Å². The van der Waals surface area contributed by atoms with Gasteiger partial charge in [0, 0.05) is 24.2 Å². The first-order valence-corrected chi connectivity index (χ1v) is 10.6. The number of pyridine rings is 1. The third-order valence-corrected chi connectivity index (χ3v) is 6.19. The number of hydrogen-bond acceptors (Lipinski definition) is 5. The molecule has 1 fully saturated rings. The number of halogens is 1. The van der Waals surface area contributed by atoms with Crippen LogP contribution in [-0.2, 0) is 17.8 Å². The monoisotopic (exact) mass is 426 g/mol. The lowest BCUT2D eigenvalue weighted by molar-refractivity contribution is -0.122. The highest BCUT2D eigenvalue weighted by molar-refractivity contribution is 6.32. The molecule has 1 amide bonds. The van der Waals surface area contributed by atoms with E-state index < -0.39 is 0 Å². The van der Waals surface area contributed by atoms with Crippen molar-refractivity contribution >= 4 is 28.5 Å². The highest BCUT2D eigenvalue weighted by Gasteiger charge is 2.35. The molecule has 30 heavy (non-hydrogen) atoms. The van der Waals surface area contributed by atoms with Gasteiger partial charge in [0.05, 0.1) is 19.2 Å². The second-order valence-corrected chi connectivity index (χ2v) is 8.42. The molecule has 1 atom stereocenters. The standard InChI is InChI=1S/C22H23ClN4O3/c1-29-22-16(23)10-14(11-25-22)21-26-17-8-12(7-15(20(24)28)13-3-4-13)9-18-19(17)27(21)5-2-6-30-18/h8-11,13,15H,2-7H2,1H3,(H2,24,28)/t15-/m0/s1. The number of aryl methyl sites for hydroxylation is 1. The van der Waals surface area contributed by atoms with E-state index in [1.54, 1.807) is 6.20 Å². The molecule has 8 heteroatoms. The van der Waals surface area contributed by atoms with Gasteiger partial charge in [0.25, 0.3) is 0 Å². The van der Waals surface area contributed by atoms with E-state index in [-0.39, 0.29) is 11.8 Å². The fourth-order valence-electron chi connectivity index (χ4n) is 4.31. The van der Waals surface area contributed by atoms with Gasteiger partial charge in [-0.05, 0) is 55.4 Å². The van der Waals surface area contributed by atoms with Crippen LogP contribution in [0.1, 0.15) is 24.8 Å².